The van der Waals surface area contributed by atoms with Gasteiger partial charge in [-0.15, -0.1) is 0 Å². The Labute approximate surface area is 242 Å². The van der Waals surface area contributed by atoms with Crippen molar-refractivity contribution in [3.8, 4) is 0 Å². The largest absolute Gasteiger partial charge is 0.455 e. The second kappa shape index (κ2) is 9.81. The molecule has 1 aliphatic carbocycles. The van der Waals surface area contributed by atoms with Crippen LogP contribution in [0.2, 0.25) is 0 Å². The molecule has 1 aromatic heterocycles. The Kier molecular flexibility index (Phi) is 6.84. The number of carbonyl (C=O) groups is 1. The molecule has 3 heterocycles. The Bertz CT molecular complexity index is 1490. The number of ether oxygens (including phenoxy) is 2. The Morgan fingerprint density at radius 3 is 2.69 bits per heavy atom. The number of rotatable bonds is 7. The van der Waals surface area contributed by atoms with Gasteiger partial charge in [0, 0.05) is 28.7 Å². The lowest BCUT2D eigenvalue weighted by Gasteiger charge is -2.51. The molecule has 10 heteroatoms. The van der Waals surface area contributed by atoms with Crippen molar-refractivity contribution in [2.24, 2.45) is 17.8 Å². The van der Waals surface area contributed by atoms with E-state index >= 15 is 0 Å². The predicted molar refractivity (Wildman–Crippen MR) is 155 cm³/mol. The third-order valence-electron chi connectivity index (χ3n) is 8.78. The van der Waals surface area contributed by atoms with Crippen molar-refractivity contribution >= 4 is 49.6 Å². The Hall–Kier alpha value is -2.02. The Balaban J connectivity index is 1.38. The minimum Gasteiger partial charge on any atom is -0.455 e. The summed E-state index contributed by atoms with van der Waals surface area (Å²) in [5.41, 5.74) is -1.20. The fourth-order valence-electron chi connectivity index (χ4n) is 7.27. The summed E-state index contributed by atoms with van der Waals surface area (Å²) in [6.45, 7) is 6.20. The van der Waals surface area contributed by atoms with E-state index in [0.29, 0.717) is 18.4 Å². The fraction of sp³-hybridized carbons (Fsp3) is 0.517. The van der Waals surface area contributed by atoms with Gasteiger partial charge in [0.05, 0.1) is 11.2 Å². The van der Waals surface area contributed by atoms with E-state index in [2.05, 4.69) is 41.4 Å². The van der Waals surface area contributed by atoms with Gasteiger partial charge in [0.25, 0.3) is 0 Å². The SMILES string of the molecule is CC(C)CC12CC(OS(=O)(=O)n3ccnc3)C(C)(O1)C1CCC(I)C1C2OC(=O)c1ccc2ccccc2c1. The van der Waals surface area contributed by atoms with Gasteiger partial charge in [0.2, 0.25) is 0 Å². The van der Waals surface area contributed by atoms with Gasteiger partial charge < -0.3 is 9.47 Å². The van der Waals surface area contributed by atoms with Crippen LogP contribution in [0.1, 0.15) is 56.8 Å². The second-order valence-electron chi connectivity index (χ2n) is 11.8. The molecule has 7 atom stereocenters. The maximum atomic E-state index is 13.7. The summed E-state index contributed by atoms with van der Waals surface area (Å²) in [5.74, 6) is -0.145. The van der Waals surface area contributed by atoms with Crippen molar-refractivity contribution in [1.82, 2.24) is 8.96 Å². The summed E-state index contributed by atoms with van der Waals surface area (Å²) < 4.78 is 46.9. The van der Waals surface area contributed by atoms with E-state index in [9.17, 15) is 13.2 Å². The molecule has 2 aliphatic heterocycles. The van der Waals surface area contributed by atoms with Crippen molar-refractivity contribution in [2.45, 2.75) is 73.8 Å². The minimum absolute atomic E-state index is 0.0143. The molecule has 2 bridgehead atoms. The number of benzene rings is 2. The summed E-state index contributed by atoms with van der Waals surface area (Å²) in [4.78, 5) is 17.6. The molecule has 2 saturated heterocycles. The molecule has 0 spiro atoms. The molecule has 3 aromatic rings. The van der Waals surface area contributed by atoms with Crippen LogP contribution < -0.4 is 0 Å². The van der Waals surface area contributed by atoms with Crippen LogP contribution in [0, 0.1) is 17.8 Å². The summed E-state index contributed by atoms with van der Waals surface area (Å²) in [5, 5.41) is 2.03. The first-order valence-corrected chi connectivity index (χ1v) is 16.1. The smallest absolute Gasteiger partial charge is 0.367 e. The van der Waals surface area contributed by atoms with E-state index in [0.717, 1.165) is 27.6 Å². The standard InChI is InChI=1S/C29H33IN2O6S/c1-18(2)15-29-16-24(37-39(34,35)32-13-12-31-17-32)28(3,38-29)22-10-11-23(30)25(22)26(29)36-27(33)21-9-8-19-6-4-5-7-20(19)14-21/h4-9,12-14,17-18,22-26H,10-11,15-16H2,1-3H3. The average molecular weight is 665 g/mol. The number of nitrogens with zero attached hydrogens (tertiary/aromatic N) is 2. The number of hydrogen-bond acceptors (Lipinski definition) is 7. The zero-order valence-corrected chi connectivity index (χ0v) is 25.2. The van der Waals surface area contributed by atoms with Crippen molar-refractivity contribution in [3.05, 3.63) is 66.7 Å². The number of alkyl halides is 1. The van der Waals surface area contributed by atoms with Gasteiger partial charge in [-0.3, -0.25) is 0 Å². The topological polar surface area (TPSA) is 96.7 Å². The van der Waals surface area contributed by atoms with Crippen LogP contribution >= 0.6 is 22.6 Å². The van der Waals surface area contributed by atoms with Crippen LogP contribution in [0.15, 0.2) is 61.2 Å². The molecule has 8 nitrogen and oxygen atoms in total. The molecule has 1 saturated carbocycles. The van der Waals surface area contributed by atoms with E-state index in [-0.39, 0.29) is 27.6 Å². The van der Waals surface area contributed by atoms with Crippen LogP contribution in [0.3, 0.4) is 0 Å². The van der Waals surface area contributed by atoms with Crippen molar-refractivity contribution in [3.63, 3.8) is 0 Å². The molecule has 0 N–H and O–H groups in total. The van der Waals surface area contributed by atoms with Gasteiger partial charge in [-0.05, 0) is 60.9 Å². The normalized spacial score (nSPS) is 33.9. The predicted octanol–water partition coefficient (Wildman–Crippen LogP) is 5.55. The fourth-order valence-corrected chi connectivity index (χ4v) is 9.53. The molecule has 7 unspecified atom stereocenters. The van der Waals surface area contributed by atoms with Gasteiger partial charge in [-0.2, -0.15) is 8.42 Å². The van der Waals surface area contributed by atoms with Crippen LogP contribution in [-0.2, 0) is 24.0 Å². The third kappa shape index (κ3) is 4.61. The van der Waals surface area contributed by atoms with Crippen LogP contribution in [0.5, 0.6) is 0 Å². The number of fused-ring (bicyclic) bond motifs is 5. The second-order valence-corrected chi connectivity index (χ2v) is 14.8. The number of aromatic nitrogens is 2. The quantitative estimate of drug-likeness (QED) is 0.186. The van der Waals surface area contributed by atoms with Gasteiger partial charge >= 0.3 is 16.3 Å². The number of halogens is 1. The molecule has 3 fully saturated rings. The Morgan fingerprint density at radius 1 is 1.21 bits per heavy atom. The molecule has 208 valence electrons. The number of imidazole rings is 1. The van der Waals surface area contributed by atoms with Crippen LogP contribution in [0.4, 0.5) is 0 Å². The van der Waals surface area contributed by atoms with E-state index in [4.69, 9.17) is 13.7 Å². The van der Waals surface area contributed by atoms with Gasteiger partial charge in [0.1, 0.15) is 24.1 Å². The molecule has 39 heavy (non-hydrogen) atoms. The summed E-state index contributed by atoms with van der Waals surface area (Å²) in [6.07, 6.45) is 5.47. The molecular weight excluding hydrogens is 631 g/mol. The first-order chi connectivity index (χ1) is 18.5. The lowest BCUT2D eigenvalue weighted by molar-refractivity contribution is -0.242. The van der Waals surface area contributed by atoms with Crippen LogP contribution in [0.25, 0.3) is 10.8 Å². The number of esters is 1. The number of carbonyl (C=O) groups excluding carboxylic acids is 1. The molecule has 0 amide bonds. The Morgan fingerprint density at radius 2 is 1.97 bits per heavy atom. The highest BCUT2D eigenvalue weighted by Gasteiger charge is 2.71. The van der Waals surface area contributed by atoms with E-state index in [1.165, 1.54) is 18.7 Å². The minimum atomic E-state index is -4.11. The molecular formula is C29H33IN2O6S. The molecule has 3 aliphatic rings. The van der Waals surface area contributed by atoms with Crippen LogP contribution in [-0.4, -0.2) is 50.7 Å². The summed E-state index contributed by atoms with van der Waals surface area (Å²) >= 11 is 2.47. The van der Waals surface area contributed by atoms with E-state index in [1.807, 2.05) is 43.3 Å². The van der Waals surface area contributed by atoms with Crippen molar-refractivity contribution in [1.29, 1.82) is 0 Å². The summed E-state index contributed by atoms with van der Waals surface area (Å²) in [6, 6.07) is 13.5. The maximum absolute atomic E-state index is 13.7. The van der Waals surface area contributed by atoms with Crippen molar-refractivity contribution < 1.29 is 26.9 Å². The molecule has 2 aromatic carbocycles. The zero-order chi connectivity index (χ0) is 27.6. The number of hydrogen-bond donors (Lipinski definition) is 0. The maximum Gasteiger partial charge on any atom is 0.367 e. The lowest BCUT2D eigenvalue weighted by atomic mass is 9.72. The first-order valence-electron chi connectivity index (χ1n) is 13.5. The third-order valence-corrected chi connectivity index (χ3v) is 11.4. The highest BCUT2D eigenvalue weighted by atomic mass is 127. The zero-order valence-electron chi connectivity index (χ0n) is 22.2. The van der Waals surface area contributed by atoms with Gasteiger partial charge in [-0.25, -0.2) is 17.9 Å². The van der Waals surface area contributed by atoms with Gasteiger partial charge in [0.15, 0.2) is 0 Å². The van der Waals surface area contributed by atoms with E-state index in [1.54, 1.807) is 6.07 Å². The van der Waals surface area contributed by atoms with E-state index < -0.39 is 33.7 Å². The van der Waals surface area contributed by atoms with Crippen molar-refractivity contribution in [2.75, 3.05) is 0 Å². The highest BCUT2D eigenvalue weighted by Crippen LogP contribution is 2.62. The molecule has 0 radical (unpaired) electrons. The highest BCUT2D eigenvalue weighted by molar-refractivity contribution is 14.1. The monoisotopic (exact) mass is 664 g/mol. The average Bonchev–Trinajstić information content (AvgIpc) is 3.61. The molecule has 6 rings (SSSR count). The van der Waals surface area contributed by atoms with Gasteiger partial charge in [-0.1, -0.05) is 66.8 Å². The summed E-state index contributed by atoms with van der Waals surface area (Å²) in [7, 11) is -4.11. The lowest BCUT2D eigenvalue weighted by Crippen LogP contribution is -2.61. The first kappa shape index (κ1) is 27.2.